The number of ether oxygens (including phenoxy) is 3. The van der Waals surface area contributed by atoms with Crippen LogP contribution in [-0.4, -0.2) is 31.6 Å². The zero-order valence-corrected chi connectivity index (χ0v) is 18.6. The third-order valence-electron chi connectivity index (χ3n) is 4.90. The molecule has 2 aromatic rings. The average Bonchev–Trinajstić information content (AvgIpc) is 3.55. The van der Waals surface area contributed by atoms with Crippen LogP contribution < -0.4 is 25.1 Å². The van der Waals surface area contributed by atoms with E-state index in [1.807, 2.05) is 45.0 Å². The van der Waals surface area contributed by atoms with Crippen molar-refractivity contribution in [3.05, 3.63) is 52.5 Å². The maximum Gasteiger partial charge on any atom is 0.269 e. The van der Waals surface area contributed by atoms with E-state index >= 15 is 0 Å². The van der Waals surface area contributed by atoms with E-state index in [0.717, 1.165) is 5.56 Å². The zero-order valence-electron chi connectivity index (χ0n) is 17.9. The van der Waals surface area contributed by atoms with Crippen LogP contribution in [0, 0.1) is 5.92 Å². The SMILES string of the molecule is CCOc1cc(C(=O)NNC(=O)C2CC2c2ccccc2Cl)cc(OCC)c1OCC. The van der Waals surface area contributed by atoms with E-state index in [9.17, 15) is 9.59 Å². The number of halogens is 1. The van der Waals surface area contributed by atoms with Gasteiger partial charge in [-0.1, -0.05) is 29.8 Å². The van der Waals surface area contributed by atoms with Crippen LogP contribution in [0.15, 0.2) is 36.4 Å². The topological polar surface area (TPSA) is 85.9 Å². The molecule has 2 N–H and O–H groups in total. The van der Waals surface area contributed by atoms with Crippen molar-refractivity contribution in [3.8, 4) is 17.2 Å². The predicted octanol–water partition coefficient (Wildman–Crippen LogP) is 4.10. The summed E-state index contributed by atoms with van der Waals surface area (Å²) in [7, 11) is 0. The molecule has 166 valence electrons. The molecule has 2 amide bonds. The second kappa shape index (κ2) is 10.4. The number of carbonyl (C=O) groups is 2. The zero-order chi connectivity index (χ0) is 22.4. The summed E-state index contributed by atoms with van der Waals surface area (Å²) in [4.78, 5) is 25.2. The number of hydrogen-bond donors (Lipinski definition) is 2. The van der Waals surface area contributed by atoms with Crippen molar-refractivity contribution in [2.24, 2.45) is 5.92 Å². The number of rotatable bonds is 9. The summed E-state index contributed by atoms with van der Waals surface area (Å²) in [6.45, 7) is 6.77. The minimum Gasteiger partial charge on any atom is -0.490 e. The van der Waals surface area contributed by atoms with Gasteiger partial charge in [-0.3, -0.25) is 20.4 Å². The monoisotopic (exact) mass is 446 g/mol. The molecular formula is C23H27ClN2O5. The first kappa shape index (κ1) is 22.7. The molecule has 8 heteroatoms. The molecule has 31 heavy (non-hydrogen) atoms. The molecule has 0 radical (unpaired) electrons. The van der Waals surface area contributed by atoms with Crippen molar-refractivity contribution in [2.45, 2.75) is 33.1 Å². The molecule has 1 fully saturated rings. The fourth-order valence-electron chi connectivity index (χ4n) is 3.41. The number of benzene rings is 2. The van der Waals surface area contributed by atoms with E-state index in [4.69, 9.17) is 25.8 Å². The molecule has 0 spiro atoms. The first-order valence-corrected chi connectivity index (χ1v) is 10.8. The summed E-state index contributed by atoms with van der Waals surface area (Å²) in [5, 5.41) is 0.646. The molecule has 2 aromatic carbocycles. The molecule has 0 heterocycles. The summed E-state index contributed by atoms with van der Waals surface area (Å²) in [5.41, 5.74) is 6.22. The van der Waals surface area contributed by atoms with Crippen molar-refractivity contribution in [2.75, 3.05) is 19.8 Å². The largest absolute Gasteiger partial charge is 0.490 e. The second-order valence-corrected chi connectivity index (χ2v) is 7.42. The molecule has 0 bridgehead atoms. The van der Waals surface area contributed by atoms with Gasteiger partial charge in [-0.15, -0.1) is 0 Å². The highest BCUT2D eigenvalue weighted by atomic mass is 35.5. The summed E-state index contributed by atoms with van der Waals surface area (Å²) in [6, 6.07) is 10.6. The van der Waals surface area contributed by atoms with Gasteiger partial charge in [0.2, 0.25) is 11.7 Å². The van der Waals surface area contributed by atoms with Crippen LogP contribution in [0.3, 0.4) is 0 Å². The first-order valence-electron chi connectivity index (χ1n) is 10.4. The standard InChI is InChI=1S/C23H27ClN2O5/c1-4-29-19-11-14(12-20(30-5-2)21(19)31-6-3)22(27)25-26-23(28)17-13-16(17)15-9-7-8-10-18(15)24/h7-12,16-17H,4-6,13H2,1-3H3,(H,25,27)(H,26,28). The van der Waals surface area contributed by atoms with E-state index in [1.165, 1.54) is 0 Å². The molecule has 0 aliphatic heterocycles. The van der Waals surface area contributed by atoms with Gasteiger partial charge in [0.1, 0.15) is 0 Å². The van der Waals surface area contributed by atoms with E-state index in [2.05, 4.69) is 10.9 Å². The fraction of sp³-hybridized carbons (Fsp3) is 0.391. The van der Waals surface area contributed by atoms with Gasteiger partial charge < -0.3 is 14.2 Å². The van der Waals surface area contributed by atoms with Crippen LogP contribution in [0.4, 0.5) is 0 Å². The highest BCUT2D eigenvalue weighted by molar-refractivity contribution is 6.31. The summed E-state index contributed by atoms with van der Waals surface area (Å²) in [6.07, 6.45) is 0.692. The molecule has 1 saturated carbocycles. The van der Waals surface area contributed by atoms with Gasteiger partial charge >= 0.3 is 0 Å². The third kappa shape index (κ3) is 5.41. The Hall–Kier alpha value is -2.93. The quantitative estimate of drug-likeness (QED) is 0.566. The summed E-state index contributed by atoms with van der Waals surface area (Å²) >= 11 is 6.22. The molecule has 1 aliphatic carbocycles. The highest BCUT2D eigenvalue weighted by Crippen LogP contribution is 2.49. The minimum absolute atomic E-state index is 0.0604. The Balaban J connectivity index is 1.67. The Morgan fingerprint density at radius 2 is 1.58 bits per heavy atom. The smallest absolute Gasteiger partial charge is 0.269 e. The molecule has 1 aliphatic rings. The fourth-order valence-corrected chi connectivity index (χ4v) is 3.68. The Morgan fingerprint density at radius 3 is 2.16 bits per heavy atom. The number of hydrazine groups is 1. The van der Waals surface area contributed by atoms with Gasteiger partial charge in [0.25, 0.3) is 5.91 Å². The third-order valence-corrected chi connectivity index (χ3v) is 5.25. The maximum absolute atomic E-state index is 12.7. The van der Waals surface area contributed by atoms with Gasteiger partial charge in [-0.2, -0.15) is 0 Å². The van der Waals surface area contributed by atoms with Crippen LogP contribution in [-0.2, 0) is 4.79 Å². The first-order chi connectivity index (χ1) is 15.0. The van der Waals surface area contributed by atoms with Gasteiger partial charge in [0.15, 0.2) is 11.5 Å². The predicted molar refractivity (Wildman–Crippen MR) is 118 cm³/mol. The van der Waals surface area contributed by atoms with Crippen LogP contribution in [0.2, 0.25) is 5.02 Å². The minimum atomic E-state index is -0.478. The Labute approximate surface area is 187 Å². The van der Waals surface area contributed by atoms with Crippen LogP contribution >= 0.6 is 11.6 Å². The molecule has 2 atom stereocenters. The lowest BCUT2D eigenvalue weighted by Crippen LogP contribution is -2.42. The van der Waals surface area contributed by atoms with Gasteiger partial charge in [0, 0.05) is 16.5 Å². The van der Waals surface area contributed by atoms with Crippen LogP contribution in [0.1, 0.15) is 49.0 Å². The highest BCUT2D eigenvalue weighted by Gasteiger charge is 2.45. The maximum atomic E-state index is 12.7. The molecule has 2 unspecified atom stereocenters. The normalized spacial score (nSPS) is 16.9. The molecular weight excluding hydrogens is 420 g/mol. The van der Waals surface area contributed by atoms with Gasteiger partial charge in [-0.25, -0.2) is 0 Å². The lowest BCUT2D eigenvalue weighted by atomic mass is 10.1. The molecule has 7 nitrogen and oxygen atoms in total. The molecule has 0 saturated heterocycles. The van der Waals surface area contributed by atoms with Crippen molar-refractivity contribution in [3.63, 3.8) is 0 Å². The van der Waals surface area contributed by atoms with Crippen LogP contribution in [0.5, 0.6) is 17.2 Å². The lowest BCUT2D eigenvalue weighted by molar-refractivity contribution is -0.123. The Kier molecular flexibility index (Phi) is 7.63. The summed E-state index contributed by atoms with van der Waals surface area (Å²) < 4.78 is 16.9. The average molecular weight is 447 g/mol. The van der Waals surface area contributed by atoms with Crippen molar-refractivity contribution in [1.82, 2.24) is 10.9 Å². The number of carbonyl (C=O) groups excluding carboxylic acids is 2. The van der Waals surface area contributed by atoms with Crippen molar-refractivity contribution in [1.29, 1.82) is 0 Å². The van der Waals surface area contributed by atoms with Crippen LogP contribution in [0.25, 0.3) is 0 Å². The van der Waals surface area contributed by atoms with Gasteiger partial charge in [-0.05, 0) is 56.9 Å². The number of hydrogen-bond acceptors (Lipinski definition) is 5. The Morgan fingerprint density at radius 1 is 0.968 bits per heavy atom. The van der Waals surface area contributed by atoms with E-state index in [1.54, 1.807) is 12.1 Å². The number of nitrogens with one attached hydrogen (secondary N) is 2. The lowest BCUT2D eigenvalue weighted by Gasteiger charge is -2.17. The Bertz CT molecular complexity index is 922. The van der Waals surface area contributed by atoms with E-state index in [-0.39, 0.29) is 23.3 Å². The van der Waals surface area contributed by atoms with E-state index < -0.39 is 5.91 Å². The van der Waals surface area contributed by atoms with Crippen molar-refractivity contribution >= 4 is 23.4 Å². The summed E-state index contributed by atoms with van der Waals surface area (Å²) in [5.74, 6) is 0.379. The molecule has 3 rings (SSSR count). The second-order valence-electron chi connectivity index (χ2n) is 7.01. The van der Waals surface area contributed by atoms with Crippen molar-refractivity contribution < 1.29 is 23.8 Å². The van der Waals surface area contributed by atoms with E-state index in [0.29, 0.717) is 48.5 Å². The molecule has 0 aromatic heterocycles. The van der Waals surface area contributed by atoms with Gasteiger partial charge in [0.05, 0.1) is 19.8 Å². The number of amides is 2.